The average molecular weight is 280 g/mol. The molecule has 0 spiro atoms. The maximum Gasteiger partial charge on any atom is 0.161 e. The smallest absolute Gasteiger partial charge is 0.161 e. The Balaban J connectivity index is 2.20. The van der Waals surface area contributed by atoms with Crippen LogP contribution >= 0.6 is 0 Å². The highest BCUT2D eigenvalue weighted by molar-refractivity contribution is 5.44. The number of morpholine rings is 1. The lowest BCUT2D eigenvalue weighted by molar-refractivity contribution is 0.0178. The number of rotatable bonds is 6. The molecule has 5 heteroatoms. The van der Waals surface area contributed by atoms with Crippen LogP contribution in [0.1, 0.15) is 18.5 Å². The van der Waals surface area contributed by atoms with Gasteiger partial charge in [-0.3, -0.25) is 4.90 Å². The summed E-state index contributed by atoms with van der Waals surface area (Å²) >= 11 is 0. The van der Waals surface area contributed by atoms with E-state index in [1.165, 1.54) is 0 Å². The number of hydrogen-bond donors (Lipinski definition) is 1. The molecule has 1 fully saturated rings. The van der Waals surface area contributed by atoms with Crippen LogP contribution in [0.3, 0.4) is 0 Å². The van der Waals surface area contributed by atoms with E-state index in [-0.39, 0.29) is 6.04 Å². The zero-order chi connectivity index (χ0) is 14.4. The average Bonchev–Trinajstić information content (AvgIpc) is 2.50. The Hall–Kier alpha value is -1.30. The van der Waals surface area contributed by atoms with Gasteiger partial charge in [-0.1, -0.05) is 6.07 Å². The first-order valence-electron chi connectivity index (χ1n) is 7.12. The summed E-state index contributed by atoms with van der Waals surface area (Å²) in [6.45, 7) is 6.53. The third kappa shape index (κ3) is 3.42. The molecule has 1 aromatic rings. The van der Waals surface area contributed by atoms with Gasteiger partial charge in [0.05, 0.1) is 26.9 Å². The SMILES string of the molecule is CCOc1ccc(C(CN)N2CCOCC2)cc1OC. The van der Waals surface area contributed by atoms with Gasteiger partial charge in [-0.15, -0.1) is 0 Å². The van der Waals surface area contributed by atoms with Crippen molar-refractivity contribution in [1.82, 2.24) is 4.90 Å². The summed E-state index contributed by atoms with van der Waals surface area (Å²) in [4.78, 5) is 2.36. The van der Waals surface area contributed by atoms with Gasteiger partial charge in [0.2, 0.25) is 0 Å². The van der Waals surface area contributed by atoms with E-state index >= 15 is 0 Å². The summed E-state index contributed by atoms with van der Waals surface area (Å²) in [7, 11) is 1.66. The fourth-order valence-corrected chi connectivity index (χ4v) is 2.55. The molecule has 20 heavy (non-hydrogen) atoms. The van der Waals surface area contributed by atoms with E-state index in [4.69, 9.17) is 19.9 Å². The molecular weight excluding hydrogens is 256 g/mol. The molecule has 1 aromatic carbocycles. The molecule has 0 bridgehead atoms. The monoisotopic (exact) mass is 280 g/mol. The van der Waals surface area contributed by atoms with Gasteiger partial charge in [-0.2, -0.15) is 0 Å². The second-order valence-electron chi connectivity index (χ2n) is 4.74. The Morgan fingerprint density at radius 3 is 2.65 bits per heavy atom. The van der Waals surface area contributed by atoms with Crippen molar-refractivity contribution in [2.24, 2.45) is 5.73 Å². The molecule has 0 aromatic heterocycles. The van der Waals surface area contributed by atoms with E-state index in [0.717, 1.165) is 43.4 Å². The van der Waals surface area contributed by atoms with Crippen molar-refractivity contribution in [3.05, 3.63) is 23.8 Å². The van der Waals surface area contributed by atoms with Crippen molar-refractivity contribution >= 4 is 0 Å². The Morgan fingerprint density at radius 1 is 1.30 bits per heavy atom. The number of methoxy groups -OCH3 is 1. The lowest BCUT2D eigenvalue weighted by Gasteiger charge is -2.34. The molecule has 112 valence electrons. The first kappa shape index (κ1) is 15.1. The molecule has 1 saturated heterocycles. The van der Waals surface area contributed by atoms with Crippen molar-refractivity contribution in [3.8, 4) is 11.5 Å². The summed E-state index contributed by atoms with van der Waals surface area (Å²) in [5.41, 5.74) is 7.13. The van der Waals surface area contributed by atoms with E-state index < -0.39 is 0 Å². The van der Waals surface area contributed by atoms with Gasteiger partial charge in [0.1, 0.15) is 0 Å². The normalized spacial score (nSPS) is 17.8. The highest BCUT2D eigenvalue weighted by atomic mass is 16.5. The Bertz CT molecular complexity index is 420. The molecule has 5 nitrogen and oxygen atoms in total. The van der Waals surface area contributed by atoms with Gasteiger partial charge in [0, 0.05) is 25.7 Å². The van der Waals surface area contributed by atoms with Crippen LogP contribution < -0.4 is 15.2 Å². The summed E-state index contributed by atoms with van der Waals surface area (Å²) in [5.74, 6) is 1.53. The molecule has 1 heterocycles. The topological polar surface area (TPSA) is 57.0 Å². The fraction of sp³-hybridized carbons (Fsp3) is 0.600. The maximum atomic E-state index is 5.97. The third-order valence-corrected chi connectivity index (χ3v) is 3.58. The predicted molar refractivity (Wildman–Crippen MR) is 78.4 cm³/mol. The molecule has 1 unspecified atom stereocenters. The van der Waals surface area contributed by atoms with Gasteiger partial charge in [-0.05, 0) is 24.6 Å². The van der Waals surface area contributed by atoms with E-state index in [0.29, 0.717) is 13.2 Å². The molecule has 0 aliphatic carbocycles. The second kappa shape index (κ2) is 7.47. The minimum absolute atomic E-state index is 0.198. The largest absolute Gasteiger partial charge is 0.493 e. The van der Waals surface area contributed by atoms with Gasteiger partial charge >= 0.3 is 0 Å². The maximum absolute atomic E-state index is 5.97. The number of nitrogens with two attached hydrogens (primary N) is 1. The van der Waals surface area contributed by atoms with E-state index in [1.54, 1.807) is 7.11 Å². The highest BCUT2D eigenvalue weighted by Crippen LogP contribution is 2.32. The molecule has 2 N–H and O–H groups in total. The van der Waals surface area contributed by atoms with Crippen molar-refractivity contribution in [3.63, 3.8) is 0 Å². The van der Waals surface area contributed by atoms with E-state index in [2.05, 4.69) is 11.0 Å². The lowest BCUT2D eigenvalue weighted by atomic mass is 10.0. The van der Waals surface area contributed by atoms with Crippen LogP contribution in [0.15, 0.2) is 18.2 Å². The van der Waals surface area contributed by atoms with Crippen LogP contribution in [0.5, 0.6) is 11.5 Å². The predicted octanol–water partition coefficient (Wildman–Crippen LogP) is 1.43. The Labute approximate surface area is 120 Å². The molecule has 0 saturated carbocycles. The molecule has 0 radical (unpaired) electrons. The zero-order valence-corrected chi connectivity index (χ0v) is 12.3. The molecular formula is C15H24N2O3. The van der Waals surface area contributed by atoms with Crippen LogP contribution in [0.2, 0.25) is 0 Å². The van der Waals surface area contributed by atoms with Crippen molar-refractivity contribution < 1.29 is 14.2 Å². The van der Waals surface area contributed by atoms with Crippen molar-refractivity contribution in [2.45, 2.75) is 13.0 Å². The minimum atomic E-state index is 0.198. The van der Waals surface area contributed by atoms with Gasteiger partial charge < -0.3 is 19.9 Å². The standard InChI is InChI=1S/C15H24N2O3/c1-3-20-14-5-4-12(10-15(14)18-2)13(11-16)17-6-8-19-9-7-17/h4-5,10,13H,3,6-9,11,16H2,1-2H3. The van der Waals surface area contributed by atoms with Crippen molar-refractivity contribution in [2.75, 3.05) is 46.6 Å². The number of ether oxygens (including phenoxy) is 3. The first-order chi connectivity index (χ1) is 9.80. The van der Waals surface area contributed by atoms with Crippen LogP contribution in [0.4, 0.5) is 0 Å². The highest BCUT2D eigenvalue weighted by Gasteiger charge is 2.22. The summed E-state index contributed by atoms with van der Waals surface area (Å²) < 4.78 is 16.4. The second-order valence-corrected chi connectivity index (χ2v) is 4.74. The molecule has 0 amide bonds. The summed E-state index contributed by atoms with van der Waals surface area (Å²) in [6.07, 6.45) is 0. The molecule has 1 aliphatic rings. The van der Waals surface area contributed by atoms with Gasteiger partial charge in [0.25, 0.3) is 0 Å². The van der Waals surface area contributed by atoms with Gasteiger partial charge in [0.15, 0.2) is 11.5 Å². The van der Waals surface area contributed by atoms with Crippen LogP contribution in [0.25, 0.3) is 0 Å². The summed E-state index contributed by atoms with van der Waals surface area (Å²) in [6, 6.07) is 6.25. The van der Waals surface area contributed by atoms with E-state index in [1.807, 2.05) is 19.1 Å². The first-order valence-corrected chi connectivity index (χ1v) is 7.12. The Kier molecular flexibility index (Phi) is 5.64. The molecule has 2 rings (SSSR count). The summed E-state index contributed by atoms with van der Waals surface area (Å²) in [5, 5.41) is 0. The third-order valence-electron chi connectivity index (χ3n) is 3.58. The number of hydrogen-bond acceptors (Lipinski definition) is 5. The Morgan fingerprint density at radius 2 is 2.05 bits per heavy atom. The minimum Gasteiger partial charge on any atom is -0.493 e. The number of benzene rings is 1. The molecule has 1 aliphatic heterocycles. The van der Waals surface area contributed by atoms with E-state index in [9.17, 15) is 0 Å². The van der Waals surface area contributed by atoms with Crippen molar-refractivity contribution in [1.29, 1.82) is 0 Å². The fourth-order valence-electron chi connectivity index (χ4n) is 2.55. The van der Waals surface area contributed by atoms with Crippen LogP contribution in [0, 0.1) is 0 Å². The van der Waals surface area contributed by atoms with Gasteiger partial charge in [-0.25, -0.2) is 0 Å². The zero-order valence-electron chi connectivity index (χ0n) is 12.3. The molecule has 1 atom stereocenters. The lowest BCUT2D eigenvalue weighted by Crippen LogP contribution is -2.41. The number of nitrogens with zero attached hydrogens (tertiary/aromatic N) is 1. The van der Waals surface area contributed by atoms with Crippen LogP contribution in [-0.2, 0) is 4.74 Å². The quantitative estimate of drug-likeness (QED) is 0.854. The van der Waals surface area contributed by atoms with Crippen LogP contribution in [-0.4, -0.2) is 51.5 Å².